The summed E-state index contributed by atoms with van der Waals surface area (Å²) in [4.78, 5) is 25.1. The molecule has 5 nitrogen and oxygen atoms in total. The number of amides is 2. The van der Waals surface area contributed by atoms with Gasteiger partial charge in [-0.3, -0.25) is 9.59 Å². The highest BCUT2D eigenvalue weighted by Crippen LogP contribution is 2.32. The van der Waals surface area contributed by atoms with E-state index in [1.54, 1.807) is 4.90 Å². The Morgan fingerprint density at radius 2 is 2.00 bits per heavy atom. The molecule has 0 aromatic rings. The van der Waals surface area contributed by atoms with E-state index in [0.29, 0.717) is 19.0 Å². The van der Waals surface area contributed by atoms with Crippen LogP contribution in [0.1, 0.15) is 33.1 Å². The van der Waals surface area contributed by atoms with Gasteiger partial charge in [0.25, 0.3) is 0 Å². The summed E-state index contributed by atoms with van der Waals surface area (Å²) in [5.41, 5.74) is 10.9. The molecule has 1 fully saturated rings. The molecular formula is C13H25N3O2. The quantitative estimate of drug-likeness (QED) is 0.716. The standard InChI is InChI=1S/C13H25N3O2/c1-9(2)7-16(8-12(15)17)13(18)11-5-3-4-10(11)6-14/h9-11H,3-8,14H2,1-2H3,(H2,15,17). The van der Waals surface area contributed by atoms with E-state index in [2.05, 4.69) is 0 Å². The van der Waals surface area contributed by atoms with Crippen LogP contribution in [0.2, 0.25) is 0 Å². The first kappa shape index (κ1) is 15.0. The maximum atomic E-state index is 12.4. The van der Waals surface area contributed by atoms with Gasteiger partial charge in [0.1, 0.15) is 0 Å². The highest BCUT2D eigenvalue weighted by Gasteiger charge is 2.35. The zero-order valence-corrected chi connectivity index (χ0v) is 11.4. The highest BCUT2D eigenvalue weighted by atomic mass is 16.2. The molecule has 0 spiro atoms. The van der Waals surface area contributed by atoms with Crippen molar-refractivity contribution in [3.63, 3.8) is 0 Å². The monoisotopic (exact) mass is 255 g/mol. The normalized spacial score (nSPS) is 23.3. The Balaban J connectivity index is 2.71. The number of nitrogens with zero attached hydrogens (tertiary/aromatic N) is 1. The van der Waals surface area contributed by atoms with E-state index < -0.39 is 5.91 Å². The number of rotatable bonds is 6. The lowest BCUT2D eigenvalue weighted by Gasteiger charge is -2.28. The largest absolute Gasteiger partial charge is 0.368 e. The Hall–Kier alpha value is -1.10. The van der Waals surface area contributed by atoms with Crippen molar-refractivity contribution in [3.8, 4) is 0 Å². The predicted molar refractivity (Wildman–Crippen MR) is 70.5 cm³/mol. The Bertz CT molecular complexity index is 305. The summed E-state index contributed by atoms with van der Waals surface area (Å²) >= 11 is 0. The van der Waals surface area contributed by atoms with Crippen molar-refractivity contribution < 1.29 is 9.59 Å². The minimum absolute atomic E-state index is 0.0187. The second kappa shape index (κ2) is 6.73. The second-order valence-electron chi connectivity index (χ2n) is 5.61. The van der Waals surface area contributed by atoms with E-state index in [9.17, 15) is 9.59 Å². The van der Waals surface area contributed by atoms with Crippen molar-refractivity contribution in [2.24, 2.45) is 29.2 Å². The molecule has 0 heterocycles. The van der Waals surface area contributed by atoms with Gasteiger partial charge in [0.15, 0.2) is 0 Å². The van der Waals surface area contributed by atoms with Gasteiger partial charge in [0.05, 0.1) is 6.54 Å². The summed E-state index contributed by atoms with van der Waals surface area (Å²) in [7, 11) is 0. The third-order valence-corrected chi connectivity index (χ3v) is 3.52. The van der Waals surface area contributed by atoms with E-state index in [4.69, 9.17) is 11.5 Å². The Morgan fingerprint density at radius 1 is 1.33 bits per heavy atom. The zero-order chi connectivity index (χ0) is 13.7. The van der Waals surface area contributed by atoms with Gasteiger partial charge in [0, 0.05) is 12.5 Å². The van der Waals surface area contributed by atoms with Crippen LogP contribution in [0.5, 0.6) is 0 Å². The first-order chi connectivity index (χ1) is 8.45. The summed E-state index contributed by atoms with van der Waals surface area (Å²) in [6.45, 7) is 5.19. The molecule has 2 amide bonds. The number of hydrogen-bond acceptors (Lipinski definition) is 3. The topological polar surface area (TPSA) is 89.4 Å². The molecule has 0 aliphatic heterocycles. The molecule has 1 rings (SSSR count). The van der Waals surface area contributed by atoms with Gasteiger partial charge >= 0.3 is 0 Å². The molecule has 5 heteroatoms. The molecule has 0 aromatic carbocycles. The van der Waals surface area contributed by atoms with Crippen LogP contribution >= 0.6 is 0 Å². The van der Waals surface area contributed by atoms with Crippen molar-refractivity contribution in [2.75, 3.05) is 19.6 Å². The van der Waals surface area contributed by atoms with Crippen molar-refractivity contribution in [2.45, 2.75) is 33.1 Å². The molecule has 104 valence electrons. The lowest BCUT2D eigenvalue weighted by atomic mass is 9.94. The molecule has 1 aliphatic carbocycles. The maximum absolute atomic E-state index is 12.4. The molecule has 1 aliphatic rings. The average molecular weight is 255 g/mol. The van der Waals surface area contributed by atoms with E-state index in [-0.39, 0.29) is 24.3 Å². The Labute approximate surface area is 109 Å². The summed E-state index contributed by atoms with van der Waals surface area (Å²) < 4.78 is 0. The van der Waals surface area contributed by atoms with Gasteiger partial charge in [-0.2, -0.15) is 0 Å². The van der Waals surface area contributed by atoms with Crippen LogP contribution in [0.25, 0.3) is 0 Å². The van der Waals surface area contributed by atoms with Gasteiger partial charge in [-0.15, -0.1) is 0 Å². The number of primary amides is 1. The minimum Gasteiger partial charge on any atom is -0.368 e. The first-order valence-electron chi connectivity index (χ1n) is 6.72. The predicted octanol–water partition coefficient (Wildman–Crippen LogP) is 0.331. The smallest absolute Gasteiger partial charge is 0.237 e. The molecule has 0 saturated heterocycles. The highest BCUT2D eigenvalue weighted by molar-refractivity contribution is 5.85. The van der Waals surface area contributed by atoms with Crippen molar-refractivity contribution in [1.82, 2.24) is 4.90 Å². The summed E-state index contributed by atoms with van der Waals surface area (Å²) in [6, 6.07) is 0. The van der Waals surface area contributed by atoms with Crippen LogP contribution in [0.15, 0.2) is 0 Å². The number of nitrogens with two attached hydrogens (primary N) is 2. The third-order valence-electron chi connectivity index (χ3n) is 3.52. The van der Waals surface area contributed by atoms with Crippen molar-refractivity contribution in [3.05, 3.63) is 0 Å². The van der Waals surface area contributed by atoms with Crippen molar-refractivity contribution >= 4 is 11.8 Å². The van der Waals surface area contributed by atoms with Gasteiger partial charge in [-0.25, -0.2) is 0 Å². The van der Waals surface area contributed by atoms with Gasteiger partial charge in [-0.05, 0) is 31.2 Å². The second-order valence-corrected chi connectivity index (χ2v) is 5.61. The van der Waals surface area contributed by atoms with Crippen molar-refractivity contribution in [1.29, 1.82) is 0 Å². The van der Waals surface area contributed by atoms with Crippen LogP contribution in [-0.2, 0) is 9.59 Å². The fourth-order valence-corrected chi connectivity index (χ4v) is 2.74. The first-order valence-corrected chi connectivity index (χ1v) is 6.72. The number of carbonyl (C=O) groups excluding carboxylic acids is 2. The Kier molecular flexibility index (Phi) is 5.59. The number of hydrogen-bond donors (Lipinski definition) is 2. The van der Waals surface area contributed by atoms with E-state index >= 15 is 0 Å². The SMILES string of the molecule is CC(C)CN(CC(N)=O)C(=O)C1CCCC1CN. The van der Waals surface area contributed by atoms with E-state index in [1.807, 2.05) is 13.8 Å². The van der Waals surface area contributed by atoms with Crippen LogP contribution in [0.3, 0.4) is 0 Å². The van der Waals surface area contributed by atoms with Crippen LogP contribution in [0, 0.1) is 17.8 Å². The van der Waals surface area contributed by atoms with Crippen LogP contribution in [0.4, 0.5) is 0 Å². The minimum atomic E-state index is -0.453. The fraction of sp³-hybridized carbons (Fsp3) is 0.846. The van der Waals surface area contributed by atoms with Gasteiger partial charge < -0.3 is 16.4 Å². The summed E-state index contributed by atoms with van der Waals surface area (Å²) in [6.07, 6.45) is 2.94. The number of carbonyl (C=O) groups is 2. The van der Waals surface area contributed by atoms with Gasteiger partial charge in [-0.1, -0.05) is 20.3 Å². The third kappa shape index (κ3) is 3.98. The molecule has 0 radical (unpaired) electrons. The van der Waals surface area contributed by atoms with Crippen LogP contribution in [-0.4, -0.2) is 36.3 Å². The maximum Gasteiger partial charge on any atom is 0.237 e. The summed E-state index contributed by atoms with van der Waals surface area (Å²) in [5, 5.41) is 0. The fourth-order valence-electron chi connectivity index (χ4n) is 2.74. The summed E-state index contributed by atoms with van der Waals surface area (Å²) in [5.74, 6) is 0.168. The molecule has 4 N–H and O–H groups in total. The van der Waals surface area contributed by atoms with Gasteiger partial charge in [0.2, 0.25) is 11.8 Å². The lowest BCUT2D eigenvalue weighted by Crippen LogP contribution is -2.45. The van der Waals surface area contributed by atoms with Crippen LogP contribution < -0.4 is 11.5 Å². The molecule has 0 aromatic heterocycles. The lowest BCUT2D eigenvalue weighted by molar-refractivity contribution is -0.140. The van der Waals surface area contributed by atoms with E-state index in [1.165, 1.54) is 0 Å². The molecule has 2 unspecified atom stereocenters. The molecular weight excluding hydrogens is 230 g/mol. The Morgan fingerprint density at radius 3 is 2.50 bits per heavy atom. The molecule has 2 atom stereocenters. The zero-order valence-electron chi connectivity index (χ0n) is 11.4. The molecule has 0 bridgehead atoms. The molecule has 1 saturated carbocycles. The molecule has 18 heavy (non-hydrogen) atoms. The van der Waals surface area contributed by atoms with E-state index in [0.717, 1.165) is 19.3 Å². The average Bonchev–Trinajstić information content (AvgIpc) is 2.73.